The van der Waals surface area contributed by atoms with Gasteiger partial charge >= 0.3 is 0 Å². The number of hydrogen-bond donors (Lipinski definition) is 0. The zero-order valence-electron chi connectivity index (χ0n) is 14.1. The van der Waals surface area contributed by atoms with Crippen LogP contribution in [-0.4, -0.2) is 0 Å². The summed E-state index contributed by atoms with van der Waals surface area (Å²) in [5.41, 5.74) is 1.97. The van der Waals surface area contributed by atoms with Gasteiger partial charge in [0.2, 0.25) is 0 Å². The SMILES string of the molecule is C(#CC#Cc1cccc2ccccc12)C#Cc1cccc2ccccc12. The first-order valence-corrected chi connectivity index (χ1v) is 8.39. The van der Waals surface area contributed by atoms with E-state index in [4.69, 9.17) is 0 Å². The van der Waals surface area contributed by atoms with Gasteiger partial charge in [0.25, 0.3) is 0 Å². The molecule has 4 aromatic rings. The van der Waals surface area contributed by atoms with Gasteiger partial charge in [0, 0.05) is 11.1 Å². The molecule has 0 unspecified atom stereocenters. The Labute approximate surface area is 153 Å². The summed E-state index contributed by atoms with van der Waals surface area (Å²) in [6.45, 7) is 0. The molecule has 0 atom stereocenters. The molecule has 26 heavy (non-hydrogen) atoms. The van der Waals surface area contributed by atoms with Gasteiger partial charge in [-0.1, -0.05) is 84.6 Å². The first kappa shape index (κ1) is 15.6. The van der Waals surface area contributed by atoms with Crippen molar-refractivity contribution in [2.24, 2.45) is 0 Å². The molecule has 0 aromatic heterocycles. The maximum atomic E-state index is 3.12. The van der Waals surface area contributed by atoms with E-state index in [2.05, 4.69) is 71.9 Å². The van der Waals surface area contributed by atoms with Crippen LogP contribution in [0.5, 0.6) is 0 Å². The molecule has 0 fully saturated rings. The molecule has 0 spiro atoms. The third-order valence-electron chi connectivity index (χ3n) is 4.16. The monoisotopic (exact) mass is 326 g/mol. The summed E-state index contributed by atoms with van der Waals surface area (Å²) in [6.07, 6.45) is 0. The summed E-state index contributed by atoms with van der Waals surface area (Å²) >= 11 is 0. The Bertz CT molecular complexity index is 1180. The maximum Gasteiger partial charge on any atom is 0.0334 e. The van der Waals surface area contributed by atoms with Crippen LogP contribution in [0.3, 0.4) is 0 Å². The molecular formula is C26H14. The van der Waals surface area contributed by atoms with Crippen molar-refractivity contribution in [1.29, 1.82) is 0 Å². The van der Waals surface area contributed by atoms with Crippen molar-refractivity contribution in [1.82, 2.24) is 0 Å². The third kappa shape index (κ3) is 3.30. The summed E-state index contributed by atoms with van der Waals surface area (Å²) in [6, 6.07) is 28.7. The lowest BCUT2D eigenvalue weighted by atomic mass is 10.1. The van der Waals surface area contributed by atoms with Gasteiger partial charge in [-0.3, -0.25) is 0 Å². The zero-order chi connectivity index (χ0) is 17.6. The van der Waals surface area contributed by atoms with E-state index in [1.54, 1.807) is 0 Å². The fourth-order valence-electron chi connectivity index (χ4n) is 2.93. The highest BCUT2D eigenvalue weighted by Gasteiger charge is 1.96. The van der Waals surface area contributed by atoms with Crippen LogP contribution in [0.25, 0.3) is 21.5 Å². The summed E-state index contributed by atoms with van der Waals surface area (Å²) < 4.78 is 0. The molecule has 0 amide bonds. The van der Waals surface area contributed by atoms with Gasteiger partial charge < -0.3 is 0 Å². The number of rotatable bonds is 0. The molecule has 118 valence electrons. The molecule has 4 aromatic carbocycles. The van der Waals surface area contributed by atoms with Gasteiger partial charge in [0.15, 0.2) is 0 Å². The Kier molecular flexibility index (Phi) is 4.39. The third-order valence-corrected chi connectivity index (χ3v) is 4.16. The van der Waals surface area contributed by atoms with Crippen LogP contribution in [0.2, 0.25) is 0 Å². The van der Waals surface area contributed by atoms with E-state index in [9.17, 15) is 0 Å². The van der Waals surface area contributed by atoms with E-state index >= 15 is 0 Å². The summed E-state index contributed by atoms with van der Waals surface area (Å²) in [7, 11) is 0. The van der Waals surface area contributed by atoms with Crippen molar-refractivity contribution >= 4 is 21.5 Å². The average molecular weight is 326 g/mol. The molecule has 4 rings (SSSR count). The van der Waals surface area contributed by atoms with Gasteiger partial charge in [0.1, 0.15) is 0 Å². The quantitative estimate of drug-likeness (QED) is 0.380. The van der Waals surface area contributed by atoms with Crippen LogP contribution >= 0.6 is 0 Å². The van der Waals surface area contributed by atoms with Gasteiger partial charge in [-0.05, 0) is 57.4 Å². The van der Waals surface area contributed by atoms with Crippen molar-refractivity contribution < 1.29 is 0 Å². The molecule has 0 aliphatic rings. The van der Waals surface area contributed by atoms with E-state index in [1.165, 1.54) is 10.8 Å². The van der Waals surface area contributed by atoms with Crippen LogP contribution in [0.15, 0.2) is 84.9 Å². The highest BCUT2D eigenvalue weighted by molar-refractivity contribution is 5.89. The molecule has 0 aliphatic heterocycles. The summed E-state index contributed by atoms with van der Waals surface area (Å²) in [4.78, 5) is 0. The first-order chi connectivity index (χ1) is 12.9. The fourth-order valence-corrected chi connectivity index (χ4v) is 2.93. The van der Waals surface area contributed by atoms with Crippen LogP contribution in [0.1, 0.15) is 11.1 Å². The molecule has 0 heteroatoms. The summed E-state index contributed by atoms with van der Waals surface area (Å²) in [5.74, 6) is 17.7. The van der Waals surface area contributed by atoms with Crippen molar-refractivity contribution in [3.05, 3.63) is 96.1 Å². The second-order valence-corrected chi connectivity index (χ2v) is 5.80. The highest BCUT2D eigenvalue weighted by Crippen LogP contribution is 2.18. The predicted molar refractivity (Wildman–Crippen MR) is 109 cm³/mol. The Balaban J connectivity index is 1.59. The molecular weight excluding hydrogens is 312 g/mol. The molecule has 0 N–H and O–H groups in total. The Morgan fingerprint density at radius 2 is 0.808 bits per heavy atom. The predicted octanol–water partition coefficient (Wildman–Crippen LogP) is 5.40. The Morgan fingerprint density at radius 3 is 1.31 bits per heavy atom. The molecule has 0 bridgehead atoms. The van der Waals surface area contributed by atoms with Crippen LogP contribution < -0.4 is 0 Å². The minimum Gasteiger partial charge on any atom is -0.0616 e. The maximum absolute atomic E-state index is 3.12. The van der Waals surface area contributed by atoms with Gasteiger partial charge in [0.05, 0.1) is 0 Å². The second kappa shape index (κ2) is 7.32. The van der Waals surface area contributed by atoms with E-state index < -0.39 is 0 Å². The van der Waals surface area contributed by atoms with E-state index in [0.29, 0.717) is 0 Å². The average Bonchev–Trinajstić information content (AvgIpc) is 2.71. The smallest absolute Gasteiger partial charge is 0.0334 e. The standard InChI is InChI=1S/C26H14/c1(3-11-21-15-9-17-23-13-5-7-19-25(21)23)2-4-12-22-16-10-18-24-14-6-8-20-26(22)24/h5-10,13-20H. The molecule has 0 saturated carbocycles. The Morgan fingerprint density at radius 1 is 0.385 bits per heavy atom. The van der Waals surface area contributed by atoms with E-state index in [-0.39, 0.29) is 0 Å². The van der Waals surface area contributed by atoms with Crippen molar-refractivity contribution in [2.75, 3.05) is 0 Å². The molecule has 0 aliphatic carbocycles. The number of fused-ring (bicyclic) bond motifs is 2. The zero-order valence-corrected chi connectivity index (χ0v) is 14.1. The molecule has 0 saturated heterocycles. The Hall–Kier alpha value is -3.92. The first-order valence-electron chi connectivity index (χ1n) is 8.39. The van der Waals surface area contributed by atoms with Gasteiger partial charge in [-0.15, -0.1) is 0 Å². The minimum absolute atomic E-state index is 0.986. The van der Waals surface area contributed by atoms with Gasteiger partial charge in [-0.25, -0.2) is 0 Å². The highest BCUT2D eigenvalue weighted by atomic mass is 14.0. The summed E-state index contributed by atoms with van der Waals surface area (Å²) in [5, 5.41) is 4.66. The number of benzene rings is 4. The normalized spacial score (nSPS) is 9.38. The fraction of sp³-hybridized carbons (Fsp3) is 0. The second-order valence-electron chi connectivity index (χ2n) is 5.80. The van der Waals surface area contributed by atoms with Crippen molar-refractivity contribution in [3.8, 4) is 35.5 Å². The molecule has 0 radical (unpaired) electrons. The number of hydrogen-bond acceptors (Lipinski definition) is 0. The molecule has 0 heterocycles. The van der Waals surface area contributed by atoms with E-state index in [1.807, 2.05) is 48.5 Å². The van der Waals surface area contributed by atoms with Crippen molar-refractivity contribution in [2.45, 2.75) is 0 Å². The lowest BCUT2D eigenvalue weighted by Crippen LogP contribution is -1.78. The molecule has 0 nitrogen and oxygen atoms in total. The van der Waals surface area contributed by atoms with Crippen LogP contribution in [0, 0.1) is 35.5 Å². The van der Waals surface area contributed by atoms with Crippen LogP contribution in [-0.2, 0) is 0 Å². The lowest BCUT2D eigenvalue weighted by molar-refractivity contribution is 1.70. The van der Waals surface area contributed by atoms with Crippen LogP contribution in [0.4, 0.5) is 0 Å². The largest absolute Gasteiger partial charge is 0.0616 e. The van der Waals surface area contributed by atoms with Gasteiger partial charge in [-0.2, -0.15) is 0 Å². The lowest BCUT2D eigenvalue weighted by Gasteiger charge is -1.98. The van der Waals surface area contributed by atoms with E-state index in [0.717, 1.165) is 21.9 Å². The minimum atomic E-state index is 0.986. The topological polar surface area (TPSA) is 0 Å². The van der Waals surface area contributed by atoms with Crippen molar-refractivity contribution in [3.63, 3.8) is 0 Å².